The van der Waals surface area contributed by atoms with Gasteiger partial charge in [-0.25, -0.2) is 9.78 Å². The van der Waals surface area contributed by atoms with Crippen molar-refractivity contribution in [1.29, 1.82) is 5.26 Å². The van der Waals surface area contributed by atoms with Crippen LogP contribution in [0.15, 0.2) is 18.3 Å². The molecule has 1 heterocycles. The fraction of sp³-hybridized carbons (Fsp3) is 0.500. The van der Waals surface area contributed by atoms with Crippen molar-refractivity contribution < 1.29 is 9.53 Å². The number of anilines is 1. The first-order valence-electron chi connectivity index (χ1n) is 6.40. The van der Waals surface area contributed by atoms with Gasteiger partial charge in [-0.1, -0.05) is 0 Å². The number of rotatable bonds is 6. The highest BCUT2D eigenvalue weighted by molar-refractivity contribution is 5.94. The molecule has 1 atom stereocenters. The summed E-state index contributed by atoms with van der Waals surface area (Å²) in [5.41, 5.74) is 0.441. The summed E-state index contributed by atoms with van der Waals surface area (Å²) in [7, 11) is 0. The predicted molar refractivity (Wildman–Crippen MR) is 72.9 cm³/mol. The van der Waals surface area contributed by atoms with Crippen molar-refractivity contribution in [3.8, 4) is 6.07 Å². The van der Waals surface area contributed by atoms with Gasteiger partial charge in [-0.05, 0) is 32.9 Å². The third kappa shape index (κ3) is 3.95. The van der Waals surface area contributed by atoms with E-state index >= 15 is 0 Å². The lowest BCUT2D eigenvalue weighted by molar-refractivity contribution is 0.0526. The molecule has 0 aromatic carbocycles. The van der Waals surface area contributed by atoms with E-state index in [9.17, 15) is 4.79 Å². The highest BCUT2D eigenvalue weighted by atomic mass is 16.5. The van der Waals surface area contributed by atoms with Crippen LogP contribution in [0.5, 0.6) is 0 Å². The van der Waals surface area contributed by atoms with Gasteiger partial charge in [0.25, 0.3) is 0 Å². The van der Waals surface area contributed by atoms with Crippen molar-refractivity contribution in [2.75, 3.05) is 24.6 Å². The van der Waals surface area contributed by atoms with Crippen LogP contribution in [0.25, 0.3) is 0 Å². The average Bonchev–Trinajstić information content (AvgIpc) is 2.44. The fourth-order valence-corrected chi connectivity index (χ4v) is 1.75. The highest BCUT2D eigenvalue weighted by Gasteiger charge is 2.19. The molecule has 1 unspecified atom stereocenters. The number of hydrogen-bond acceptors (Lipinski definition) is 5. The zero-order valence-corrected chi connectivity index (χ0v) is 11.6. The van der Waals surface area contributed by atoms with Crippen molar-refractivity contribution in [3.05, 3.63) is 23.9 Å². The Labute approximate surface area is 113 Å². The van der Waals surface area contributed by atoms with Gasteiger partial charge >= 0.3 is 5.97 Å². The Morgan fingerprint density at radius 2 is 2.32 bits per heavy atom. The second-order valence-corrected chi connectivity index (χ2v) is 4.16. The molecule has 0 amide bonds. The standard InChI is InChI=1S/C14H19N3O2/c1-4-17(10-11(3)9-15)13-12(7-6-8-16-13)14(18)19-5-2/h6-8,11H,4-5,10H2,1-3H3. The molecule has 0 aliphatic carbocycles. The summed E-state index contributed by atoms with van der Waals surface area (Å²) in [5, 5.41) is 8.90. The summed E-state index contributed by atoms with van der Waals surface area (Å²) in [6, 6.07) is 5.59. The third-order valence-electron chi connectivity index (χ3n) is 2.68. The maximum atomic E-state index is 11.9. The average molecular weight is 261 g/mol. The van der Waals surface area contributed by atoms with Crippen LogP contribution in [0.1, 0.15) is 31.1 Å². The number of esters is 1. The molecule has 0 saturated carbocycles. The Morgan fingerprint density at radius 3 is 2.89 bits per heavy atom. The molecule has 5 heteroatoms. The number of hydrogen-bond donors (Lipinski definition) is 0. The number of pyridine rings is 1. The van der Waals surface area contributed by atoms with E-state index in [-0.39, 0.29) is 11.9 Å². The van der Waals surface area contributed by atoms with Crippen molar-refractivity contribution in [1.82, 2.24) is 4.98 Å². The van der Waals surface area contributed by atoms with E-state index in [1.54, 1.807) is 25.3 Å². The first kappa shape index (κ1) is 15.0. The van der Waals surface area contributed by atoms with Crippen molar-refractivity contribution in [3.63, 3.8) is 0 Å². The minimum Gasteiger partial charge on any atom is -0.462 e. The maximum Gasteiger partial charge on any atom is 0.341 e. The molecule has 1 aromatic rings. The van der Waals surface area contributed by atoms with E-state index < -0.39 is 0 Å². The molecule has 1 aromatic heterocycles. The summed E-state index contributed by atoms with van der Waals surface area (Å²) >= 11 is 0. The summed E-state index contributed by atoms with van der Waals surface area (Å²) in [4.78, 5) is 18.1. The van der Waals surface area contributed by atoms with Crippen LogP contribution in [0, 0.1) is 17.2 Å². The SMILES string of the molecule is CCOC(=O)c1cccnc1N(CC)CC(C)C#N. The second kappa shape index (κ2) is 7.37. The predicted octanol–water partition coefficient (Wildman–Crippen LogP) is 2.24. The topological polar surface area (TPSA) is 66.2 Å². The minimum atomic E-state index is -0.381. The van der Waals surface area contributed by atoms with Crippen LogP contribution in [-0.2, 0) is 4.74 Å². The number of ether oxygens (including phenoxy) is 1. The van der Waals surface area contributed by atoms with E-state index in [1.807, 2.05) is 18.7 Å². The lowest BCUT2D eigenvalue weighted by Gasteiger charge is -2.24. The fourth-order valence-electron chi connectivity index (χ4n) is 1.75. The second-order valence-electron chi connectivity index (χ2n) is 4.16. The van der Waals surface area contributed by atoms with Gasteiger partial charge < -0.3 is 9.64 Å². The zero-order chi connectivity index (χ0) is 14.3. The lowest BCUT2D eigenvalue weighted by Crippen LogP contribution is -2.30. The number of carbonyl (C=O) groups excluding carboxylic acids is 1. The number of aromatic nitrogens is 1. The van der Waals surface area contributed by atoms with E-state index in [2.05, 4.69) is 11.1 Å². The molecular formula is C14H19N3O2. The Balaban J connectivity index is 3.03. The first-order chi connectivity index (χ1) is 9.13. The van der Waals surface area contributed by atoms with Gasteiger partial charge in [-0.3, -0.25) is 0 Å². The number of carbonyl (C=O) groups is 1. The molecule has 0 aliphatic heterocycles. The largest absolute Gasteiger partial charge is 0.462 e. The van der Waals surface area contributed by atoms with Gasteiger partial charge in [0.15, 0.2) is 0 Å². The molecule has 0 spiro atoms. The molecular weight excluding hydrogens is 242 g/mol. The molecule has 0 radical (unpaired) electrons. The molecule has 0 N–H and O–H groups in total. The Bertz CT molecular complexity index is 468. The summed E-state index contributed by atoms with van der Waals surface area (Å²) < 4.78 is 5.02. The summed E-state index contributed by atoms with van der Waals surface area (Å²) in [6.07, 6.45) is 1.64. The van der Waals surface area contributed by atoms with Crippen LogP contribution < -0.4 is 4.90 Å². The van der Waals surface area contributed by atoms with Gasteiger partial charge in [-0.15, -0.1) is 0 Å². The van der Waals surface area contributed by atoms with Gasteiger partial charge in [0.1, 0.15) is 11.4 Å². The van der Waals surface area contributed by atoms with Crippen LogP contribution in [-0.4, -0.2) is 30.6 Å². The van der Waals surface area contributed by atoms with Crippen LogP contribution >= 0.6 is 0 Å². The zero-order valence-electron chi connectivity index (χ0n) is 11.6. The number of nitriles is 1. The molecule has 102 valence electrons. The van der Waals surface area contributed by atoms with Crippen LogP contribution in [0.3, 0.4) is 0 Å². The Kier molecular flexibility index (Phi) is 5.80. The molecule has 0 bridgehead atoms. The van der Waals surface area contributed by atoms with Crippen molar-refractivity contribution in [2.24, 2.45) is 5.92 Å². The smallest absolute Gasteiger partial charge is 0.341 e. The molecule has 0 fully saturated rings. The van der Waals surface area contributed by atoms with Gasteiger partial charge in [0.05, 0.1) is 18.6 Å². The maximum absolute atomic E-state index is 11.9. The minimum absolute atomic E-state index is 0.128. The van der Waals surface area contributed by atoms with Crippen LogP contribution in [0.4, 0.5) is 5.82 Å². The van der Waals surface area contributed by atoms with Gasteiger partial charge in [0, 0.05) is 19.3 Å². The van der Waals surface area contributed by atoms with E-state index in [0.29, 0.717) is 31.1 Å². The summed E-state index contributed by atoms with van der Waals surface area (Å²) in [6.45, 7) is 7.12. The Morgan fingerprint density at radius 1 is 1.58 bits per heavy atom. The van der Waals surface area contributed by atoms with Gasteiger partial charge in [0.2, 0.25) is 0 Å². The van der Waals surface area contributed by atoms with Crippen LogP contribution in [0.2, 0.25) is 0 Å². The Hall–Kier alpha value is -2.09. The van der Waals surface area contributed by atoms with E-state index in [4.69, 9.17) is 10.00 Å². The highest BCUT2D eigenvalue weighted by Crippen LogP contribution is 2.19. The van der Waals surface area contributed by atoms with Crippen molar-refractivity contribution >= 4 is 11.8 Å². The molecule has 0 saturated heterocycles. The third-order valence-corrected chi connectivity index (χ3v) is 2.68. The first-order valence-corrected chi connectivity index (χ1v) is 6.40. The molecule has 0 aliphatic rings. The van der Waals surface area contributed by atoms with E-state index in [1.165, 1.54) is 0 Å². The number of nitrogens with zero attached hydrogens (tertiary/aromatic N) is 3. The normalized spacial score (nSPS) is 11.5. The molecule has 19 heavy (non-hydrogen) atoms. The summed E-state index contributed by atoms with van der Waals surface area (Å²) in [5.74, 6) is 0.0659. The van der Waals surface area contributed by atoms with Gasteiger partial charge in [-0.2, -0.15) is 5.26 Å². The quantitative estimate of drug-likeness (QED) is 0.735. The lowest BCUT2D eigenvalue weighted by atomic mass is 10.1. The molecule has 1 rings (SSSR count). The monoisotopic (exact) mass is 261 g/mol. The molecule has 5 nitrogen and oxygen atoms in total. The van der Waals surface area contributed by atoms with Crippen molar-refractivity contribution in [2.45, 2.75) is 20.8 Å². The van der Waals surface area contributed by atoms with E-state index in [0.717, 1.165) is 0 Å².